The average molecular weight is 359 g/mol. The number of hydrogen-bond donors (Lipinski definition) is 0. The molecule has 0 saturated carbocycles. The molecule has 3 aromatic heterocycles. The van der Waals surface area contributed by atoms with Crippen LogP contribution in [0.5, 0.6) is 0 Å². The number of nitrogens with zero attached hydrogens (tertiary/aromatic N) is 3. The van der Waals surface area contributed by atoms with Gasteiger partial charge in [-0.05, 0) is 36.8 Å². The van der Waals surface area contributed by atoms with Gasteiger partial charge in [-0.25, -0.2) is 4.98 Å². The summed E-state index contributed by atoms with van der Waals surface area (Å²) >= 11 is 0. The van der Waals surface area contributed by atoms with Crippen LogP contribution in [0.25, 0.3) is 22.8 Å². The molecule has 0 aromatic carbocycles. The van der Waals surface area contributed by atoms with Crippen molar-refractivity contribution in [2.75, 3.05) is 13.2 Å². The van der Waals surface area contributed by atoms with Crippen LogP contribution in [0, 0.1) is 12.3 Å². The van der Waals surface area contributed by atoms with E-state index in [9.17, 15) is 0 Å². The molecule has 0 unspecified atom stereocenters. The molecule has 1 saturated heterocycles. The van der Waals surface area contributed by atoms with Gasteiger partial charge in [0.2, 0.25) is 0 Å². The van der Waals surface area contributed by atoms with Gasteiger partial charge in [-0.3, -0.25) is 9.97 Å². The summed E-state index contributed by atoms with van der Waals surface area (Å²) in [5.74, 6) is 0. The van der Waals surface area contributed by atoms with Gasteiger partial charge in [0.05, 0.1) is 22.8 Å². The highest BCUT2D eigenvalue weighted by Crippen LogP contribution is 2.22. The van der Waals surface area contributed by atoms with Crippen molar-refractivity contribution < 1.29 is 9.31 Å². The Bertz CT molecular complexity index is 917. The molecule has 4 heterocycles. The van der Waals surface area contributed by atoms with E-state index in [0.717, 1.165) is 33.8 Å². The van der Waals surface area contributed by atoms with E-state index in [-0.39, 0.29) is 12.5 Å². The second-order valence-corrected chi connectivity index (χ2v) is 7.72. The minimum atomic E-state index is -0.351. The highest BCUT2D eigenvalue weighted by Gasteiger charge is 2.33. The Morgan fingerprint density at radius 2 is 1.44 bits per heavy atom. The van der Waals surface area contributed by atoms with Crippen molar-refractivity contribution >= 4 is 12.6 Å². The summed E-state index contributed by atoms with van der Waals surface area (Å²) in [5, 5.41) is 0. The highest BCUT2D eigenvalue weighted by atomic mass is 16.6. The quantitative estimate of drug-likeness (QED) is 0.672. The van der Waals surface area contributed by atoms with Crippen molar-refractivity contribution in [2.45, 2.75) is 20.8 Å². The molecule has 6 heteroatoms. The first-order valence-corrected chi connectivity index (χ1v) is 9.10. The summed E-state index contributed by atoms with van der Waals surface area (Å²) in [4.78, 5) is 13.7. The number of rotatable bonds is 3. The second-order valence-electron chi connectivity index (χ2n) is 7.72. The van der Waals surface area contributed by atoms with E-state index in [1.54, 1.807) is 6.20 Å². The Hall–Kier alpha value is -2.57. The van der Waals surface area contributed by atoms with Crippen molar-refractivity contribution in [3.63, 3.8) is 0 Å². The van der Waals surface area contributed by atoms with Gasteiger partial charge in [0, 0.05) is 36.5 Å². The Labute approximate surface area is 160 Å². The zero-order valence-corrected chi connectivity index (χ0v) is 15.8. The highest BCUT2D eigenvalue weighted by molar-refractivity contribution is 6.61. The molecule has 0 bridgehead atoms. The van der Waals surface area contributed by atoms with Gasteiger partial charge in [-0.15, -0.1) is 0 Å². The predicted molar refractivity (Wildman–Crippen MR) is 107 cm³/mol. The van der Waals surface area contributed by atoms with Crippen LogP contribution in [0.1, 0.15) is 19.4 Å². The molecule has 4 rings (SSSR count). The topological polar surface area (TPSA) is 57.1 Å². The minimum absolute atomic E-state index is 0.0538. The summed E-state index contributed by atoms with van der Waals surface area (Å²) in [6.45, 7) is 7.63. The molecule has 1 aliphatic heterocycles. The molecule has 1 fully saturated rings. The molecule has 0 spiro atoms. The largest absolute Gasteiger partial charge is 0.495 e. The third kappa shape index (κ3) is 4.07. The van der Waals surface area contributed by atoms with E-state index in [2.05, 4.69) is 23.8 Å². The van der Waals surface area contributed by atoms with E-state index >= 15 is 0 Å². The van der Waals surface area contributed by atoms with Crippen LogP contribution < -0.4 is 5.46 Å². The van der Waals surface area contributed by atoms with Crippen LogP contribution in [0.15, 0.2) is 54.9 Å². The molecule has 0 aliphatic carbocycles. The normalized spacial score (nSPS) is 16.3. The maximum absolute atomic E-state index is 5.83. The van der Waals surface area contributed by atoms with Crippen LogP contribution in [-0.2, 0) is 9.31 Å². The Balaban J connectivity index is 1.54. The summed E-state index contributed by atoms with van der Waals surface area (Å²) in [5.41, 5.74) is 5.41. The van der Waals surface area contributed by atoms with Crippen molar-refractivity contribution in [1.29, 1.82) is 0 Å². The first-order chi connectivity index (χ1) is 13.0. The molecular formula is C21H22BN3O2. The zero-order valence-electron chi connectivity index (χ0n) is 15.8. The molecule has 0 atom stereocenters. The van der Waals surface area contributed by atoms with Gasteiger partial charge in [0.25, 0.3) is 0 Å². The fourth-order valence-corrected chi connectivity index (χ4v) is 2.92. The van der Waals surface area contributed by atoms with Gasteiger partial charge in [0.1, 0.15) is 0 Å². The number of hydrogen-bond acceptors (Lipinski definition) is 5. The average Bonchev–Trinajstić information content (AvgIpc) is 2.69. The molecule has 5 nitrogen and oxygen atoms in total. The minimum Gasteiger partial charge on any atom is -0.407 e. The van der Waals surface area contributed by atoms with Crippen molar-refractivity contribution in [3.05, 3.63) is 60.4 Å². The van der Waals surface area contributed by atoms with E-state index in [4.69, 9.17) is 14.3 Å². The molecule has 0 radical (unpaired) electrons. The summed E-state index contributed by atoms with van der Waals surface area (Å²) in [6.07, 6.45) is 3.65. The Morgan fingerprint density at radius 3 is 2.00 bits per heavy atom. The van der Waals surface area contributed by atoms with Crippen molar-refractivity contribution in [2.24, 2.45) is 5.41 Å². The summed E-state index contributed by atoms with van der Waals surface area (Å²) in [6, 6.07) is 13.9. The van der Waals surface area contributed by atoms with Crippen LogP contribution in [0.4, 0.5) is 0 Å². The summed E-state index contributed by atoms with van der Waals surface area (Å²) in [7, 11) is -0.351. The Kier molecular flexibility index (Phi) is 4.76. The van der Waals surface area contributed by atoms with Crippen molar-refractivity contribution in [1.82, 2.24) is 15.0 Å². The lowest BCUT2D eigenvalue weighted by Crippen LogP contribution is -2.47. The molecular weight excluding hydrogens is 337 g/mol. The fourth-order valence-electron chi connectivity index (χ4n) is 2.92. The lowest BCUT2D eigenvalue weighted by Gasteiger charge is -2.33. The van der Waals surface area contributed by atoms with Gasteiger partial charge >= 0.3 is 7.12 Å². The van der Waals surface area contributed by atoms with Crippen LogP contribution in [0.3, 0.4) is 0 Å². The number of aromatic nitrogens is 3. The van der Waals surface area contributed by atoms with Gasteiger partial charge in [-0.1, -0.05) is 32.0 Å². The summed E-state index contributed by atoms with van der Waals surface area (Å²) < 4.78 is 11.7. The number of aryl methyl sites for hydroxylation is 1. The first-order valence-electron chi connectivity index (χ1n) is 9.10. The van der Waals surface area contributed by atoms with E-state index < -0.39 is 0 Å². The standard InChI is InChI=1S/C21H22BN3O2/c1-15-7-9-17(23-11-15)19-5-4-6-20(25-19)18-10-8-16(12-24-18)22-26-13-21(2,3)14-27-22/h4-12H,13-14H2,1-3H3. The molecule has 27 heavy (non-hydrogen) atoms. The maximum atomic E-state index is 5.83. The molecule has 0 N–H and O–H groups in total. The van der Waals surface area contributed by atoms with Crippen molar-refractivity contribution in [3.8, 4) is 22.8 Å². The van der Waals surface area contributed by atoms with Gasteiger partial charge in [0.15, 0.2) is 0 Å². The smallest absolute Gasteiger partial charge is 0.407 e. The molecule has 3 aromatic rings. The third-order valence-corrected chi connectivity index (χ3v) is 4.49. The SMILES string of the molecule is Cc1ccc(-c2cccc(-c3ccc(B4OCC(C)(C)CO4)cn3)n2)nc1. The molecule has 136 valence electrons. The second kappa shape index (κ2) is 7.21. The van der Waals surface area contributed by atoms with E-state index in [1.165, 1.54) is 0 Å². The van der Waals surface area contributed by atoms with Crippen LogP contribution >= 0.6 is 0 Å². The number of pyridine rings is 3. The van der Waals surface area contributed by atoms with E-state index in [1.807, 2.05) is 55.6 Å². The van der Waals surface area contributed by atoms with Gasteiger partial charge < -0.3 is 9.31 Å². The van der Waals surface area contributed by atoms with Crippen LogP contribution in [-0.4, -0.2) is 35.3 Å². The Morgan fingerprint density at radius 1 is 0.815 bits per heavy atom. The molecule has 0 amide bonds. The molecule has 1 aliphatic rings. The van der Waals surface area contributed by atoms with E-state index in [0.29, 0.717) is 13.2 Å². The first kappa shape index (κ1) is 17.8. The van der Waals surface area contributed by atoms with Crippen LogP contribution in [0.2, 0.25) is 0 Å². The maximum Gasteiger partial charge on any atom is 0.495 e. The lowest BCUT2D eigenvalue weighted by molar-refractivity contribution is 0.0343. The zero-order chi connectivity index (χ0) is 18.9. The fraction of sp³-hybridized carbons (Fsp3) is 0.286. The monoisotopic (exact) mass is 359 g/mol. The van der Waals surface area contributed by atoms with Gasteiger partial charge in [-0.2, -0.15) is 0 Å². The predicted octanol–water partition coefficient (Wildman–Crippen LogP) is 3.28. The third-order valence-electron chi connectivity index (χ3n) is 4.49. The lowest BCUT2D eigenvalue weighted by atomic mass is 9.77.